The third-order valence-corrected chi connectivity index (χ3v) is 4.65. The van der Waals surface area contributed by atoms with Crippen molar-refractivity contribution in [1.82, 2.24) is 9.88 Å². The molecule has 0 aliphatic carbocycles. The number of hydrogen-bond donors (Lipinski definition) is 1. The number of halogens is 1. The molecule has 1 fully saturated rings. The van der Waals surface area contributed by atoms with E-state index in [0.717, 1.165) is 23.5 Å². The molecular formula is C15H24BrN3. The minimum absolute atomic E-state index is 0.289. The number of likely N-dealkylation sites (tertiary alicyclic amines) is 1. The van der Waals surface area contributed by atoms with E-state index in [9.17, 15) is 0 Å². The monoisotopic (exact) mass is 325 g/mol. The topological polar surface area (TPSA) is 42.1 Å². The smallest absolute Gasteiger partial charge is 0.0486 e. The Morgan fingerprint density at radius 1 is 1.47 bits per heavy atom. The molecule has 1 saturated heterocycles. The Kier molecular flexibility index (Phi) is 4.64. The molecule has 19 heavy (non-hydrogen) atoms. The number of aromatic nitrogens is 1. The van der Waals surface area contributed by atoms with Crippen LogP contribution in [0.15, 0.2) is 22.9 Å². The first kappa shape index (κ1) is 14.9. The Bertz CT molecular complexity index is 428. The minimum Gasteiger partial charge on any atom is -0.329 e. The van der Waals surface area contributed by atoms with Gasteiger partial charge in [-0.15, -0.1) is 0 Å². The van der Waals surface area contributed by atoms with Crippen molar-refractivity contribution in [3.05, 3.63) is 28.5 Å². The first-order chi connectivity index (χ1) is 8.91. The SMILES string of the molecule is CC(C)(C)C1CCN(C(CN)c2cncc(Br)c2)C1. The van der Waals surface area contributed by atoms with Gasteiger partial charge in [-0.2, -0.15) is 0 Å². The third-order valence-electron chi connectivity index (χ3n) is 4.22. The molecule has 1 aliphatic rings. The Balaban J connectivity index is 2.12. The third kappa shape index (κ3) is 3.56. The summed E-state index contributed by atoms with van der Waals surface area (Å²) in [5, 5.41) is 0. The zero-order valence-corrected chi connectivity index (χ0v) is 13.7. The van der Waals surface area contributed by atoms with Crippen LogP contribution in [0.5, 0.6) is 0 Å². The standard InChI is InChI=1S/C15H24BrN3/c1-15(2,3)12-4-5-19(10-12)14(7-17)11-6-13(16)9-18-8-11/h6,8-9,12,14H,4-5,7,10,17H2,1-3H3. The lowest BCUT2D eigenvalue weighted by molar-refractivity contribution is 0.197. The van der Waals surface area contributed by atoms with Crippen LogP contribution < -0.4 is 5.73 Å². The summed E-state index contributed by atoms with van der Waals surface area (Å²) >= 11 is 3.49. The van der Waals surface area contributed by atoms with Crippen LogP contribution in [0.3, 0.4) is 0 Å². The first-order valence-corrected chi connectivity index (χ1v) is 7.75. The average Bonchev–Trinajstić information content (AvgIpc) is 2.79. The highest BCUT2D eigenvalue weighted by atomic mass is 79.9. The predicted octanol–water partition coefficient (Wildman–Crippen LogP) is 3.21. The minimum atomic E-state index is 0.289. The van der Waals surface area contributed by atoms with Gasteiger partial charge in [0.15, 0.2) is 0 Å². The van der Waals surface area contributed by atoms with E-state index < -0.39 is 0 Å². The molecule has 0 saturated carbocycles. The molecule has 106 valence electrons. The van der Waals surface area contributed by atoms with Crippen molar-refractivity contribution >= 4 is 15.9 Å². The number of hydrogen-bond acceptors (Lipinski definition) is 3. The fourth-order valence-corrected chi connectivity index (χ4v) is 3.27. The highest BCUT2D eigenvalue weighted by Crippen LogP contribution is 2.36. The van der Waals surface area contributed by atoms with Gasteiger partial charge in [-0.05, 0) is 51.9 Å². The molecule has 3 nitrogen and oxygen atoms in total. The summed E-state index contributed by atoms with van der Waals surface area (Å²) < 4.78 is 1.02. The van der Waals surface area contributed by atoms with Gasteiger partial charge in [0.1, 0.15) is 0 Å². The lowest BCUT2D eigenvalue weighted by Gasteiger charge is -2.30. The van der Waals surface area contributed by atoms with Gasteiger partial charge in [0.05, 0.1) is 0 Å². The Hall–Kier alpha value is -0.450. The van der Waals surface area contributed by atoms with Gasteiger partial charge < -0.3 is 5.73 Å². The second-order valence-corrected chi connectivity index (χ2v) is 7.45. The Labute approximate surface area is 124 Å². The molecule has 0 radical (unpaired) electrons. The van der Waals surface area contributed by atoms with Crippen molar-refractivity contribution in [3.8, 4) is 0 Å². The van der Waals surface area contributed by atoms with Crippen LogP contribution in [0.4, 0.5) is 0 Å². The van der Waals surface area contributed by atoms with Gasteiger partial charge in [0.2, 0.25) is 0 Å². The van der Waals surface area contributed by atoms with Gasteiger partial charge in [0.25, 0.3) is 0 Å². The normalized spacial score (nSPS) is 22.7. The van der Waals surface area contributed by atoms with E-state index in [1.807, 2.05) is 12.4 Å². The second kappa shape index (κ2) is 5.90. The van der Waals surface area contributed by atoms with Crippen LogP contribution in [-0.2, 0) is 0 Å². The van der Waals surface area contributed by atoms with E-state index in [-0.39, 0.29) is 6.04 Å². The van der Waals surface area contributed by atoms with E-state index in [0.29, 0.717) is 12.0 Å². The lowest BCUT2D eigenvalue weighted by atomic mass is 9.80. The van der Waals surface area contributed by atoms with Crippen molar-refractivity contribution in [1.29, 1.82) is 0 Å². The van der Waals surface area contributed by atoms with Crippen LogP contribution in [0, 0.1) is 11.3 Å². The molecule has 1 aromatic rings. The molecule has 0 bridgehead atoms. The van der Waals surface area contributed by atoms with Crippen LogP contribution in [0.1, 0.15) is 38.8 Å². The highest BCUT2D eigenvalue weighted by Gasteiger charge is 2.34. The average molecular weight is 326 g/mol. The molecule has 2 rings (SSSR count). The van der Waals surface area contributed by atoms with E-state index in [1.54, 1.807) is 0 Å². The van der Waals surface area contributed by atoms with E-state index >= 15 is 0 Å². The van der Waals surface area contributed by atoms with Crippen molar-refractivity contribution < 1.29 is 0 Å². The van der Waals surface area contributed by atoms with Gasteiger partial charge in [0, 0.05) is 36.0 Å². The number of pyridine rings is 1. The molecule has 0 aromatic carbocycles. The van der Waals surface area contributed by atoms with Crippen LogP contribution in [-0.4, -0.2) is 29.5 Å². The van der Waals surface area contributed by atoms with Crippen LogP contribution in [0.2, 0.25) is 0 Å². The molecule has 0 amide bonds. The molecule has 4 heteroatoms. The van der Waals surface area contributed by atoms with Gasteiger partial charge in [-0.1, -0.05) is 20.8 Å². The van der Waals surface area contributed by atoms with Gasteiger partial charge in [-0.25, -0.2) is 0 Å². The largest absolute Gasteiger partial charge is 0.329 e. The molecule has 2 N–H and O–H groups in total. The summed E-state index contributed by atoms with van der Waals surface area (Å²) in [7, 11) is 0. The van der Waals surface area contributed by atoms with Crippen molar-refractivity contribution in [2.45, 2.75) is 33.2 Å². The lowest BCUT2D eigenvalue weighted by Crippen LogP contribution is -2.33. The molecule has 2 atom stereocenters. The second-order valence-electron chi connectivity index (χ2n) is 6.53. The van der Waals surface area contributed by atoms with E-state index in [2.05, 4.69) is 52.7 Å². The fraction of sp³-hybridized carbons (Fsp3) is 0.667. The highest BCUT2D eigenvalue weighted by molar-refractivity contribution is 9.10. The molecule has 2 unspecified atom stereocenters. The zero-order chi connectivity index (χ0) is 14.0. The number of rotatable bonds is 3. The maximum atomic E-state index is 6.00. The summed E-state index contributed by atoms with van der Waals surface area (Å²) in [6.07, 6.45) is 5.02. The van der Waals surface area contributed by atoms with Crippen LogP contribution in [0.25, 0.3) is 0 Å². The molecular weight excluding hydrogens is 302 g/mol. The number of nitrogens with zero attached hydrogens (tertiary/aromatic N) is 2. The molecule has 2 heterocycles. The summed E-state index contributed by atoms with van der Waals surface area (Å²) in [5.74, 6) is 0.752. The summed E-state index contributed by atoms with van der Waals surface area (Å²) in [4.78, 5) is 6.78. The van der Waals surface area contributed by atoms with Gasteiger partial charge in [-0.3, -0.25) is 9.88 Å². The van der Waals surface area contributed by atoms with Crippen LogP contribution >= 0.6 is 15.9 Å². The molecule has 1 aliphatic heterocycles. The number of nitrogens with two attached hydrogens (primary N) is 1. The first-order valence-electron chi connectivity index (χ1n) is 6.96. The summed E-state index contributed by atoms with van der Waals surface area (Å²) in [5.41, 5.74) is 7.60. The van der Waals surface area contributed by atoms with Gasteiger partial charge >= 0.3 is 0 Å². The quantitative estimate of drug-likeness (QED) is 0.927. The van der Waals surface area contributed by atoms with E-state index in [1.165, 1.54) is 12.0 Å². The predicted molar refractivity (Wildman–Crippen MR) is 82.9 cm³/mol. The Morgan fingerprint density at radius 2 is 2.21 bits per heavy atom. The summed E-state index contributed by atoms with van der Waals surface area (Å²) in [6, 6.07) is 2.42. The van der Waals surface area contributed by atoms with Crippen molar-refractivity contribution in [3.63, 3.8) is 0 Å². The Morgan fingerprint density at radius 3 is 2.74 bits per heavy atom. The van der Waals surface area contributed by atoms with Crippen molar-refractivity contribution in [2.75, 3.05) is 19.6 Å². The maximum Gasteiger partial charge on any atom is 0.0486 e. The fourth-order valence-electron chi connectivity index (χ4n) is 2.88. The molecule has 1 aromatic heterocycles. The maximum absolute atomic E-state index is 6.00. The zero-order valence-electron chi connectivity index (χ0n) is 12.1. The summed E-state index contributed by atoms with van der Waals surface area (Å²) in [6.45, 7) is 9.92. The molecule has 0 spiro atoms. The van der Waals surface area contributed by atoms with Crippen molar-refractivity contribution in [2.24, 2.45) is 17.1 Å². The van der Waals surface area contributed by atoms with E-state index in [4.69, 9.17) is 5.73 Å².